The molecule has 1 aliphatic carbocycles. The number of amides is 1. The van der Waals surface area contributed by atoms with Crippen LogP contribution in [0.3, 0.4) is 0 Å². The maximum atomic E-state index is 13.1. The topological polar surface area (TPSA) is 66.8 Å². The minimum absolute atomic E-state index is 0.0137. The highest BCUT2D eigenvalue weighted by Crippen LogP contribution is 2.28. The Morgan fingerprint density at radius 2 is 1.88 bits per heavy atom. The molecule has 0 aromatic heterocycles. The maximum Gasteiger partial charge on any atom is 0.329 e. The molecule has 0 radical (unpaired) electrons. The van der Waals surface area contributed by atoms with E-state index in [0.29, 0.717) is 13.0 Å². The van der Waals surface area contributed by atoms with Crippen LogP contribution in [0.25, 0.3) is 0 Å². The van der Waals surface area contributed by atoms with Crippen LogP contribution in [-0.2, 0) is 14.3 Å². The second kappa shape index (κ2) is 8.84. The minimum atomic E-state index is -0.577. The number of ether oxygens (including phenoxy) is 1. The van der Waals surface area contributed by atoms with Crippen molar-refractivity contribution in [3.8, 4) is 0 Å². The Morgan fingerprint density at radius 3 is 2.33 bits per heavy atom. The summed E-state index contributed by atoms with van der Waals surface area (Å²) in [5, 5.41) is 9.89. The molecule has 24 heavy (non-hydrogen) atoms. The van der Waals surface area contributed by atoms with Crippen molar-refractivity contribution in [1.29, 1.82) is 0 Å². The molecule has 0 aromatic carbocycles. The van der Waals surface area contributed by atoms with Gasteiger partial charge in [-0.2, -0.15) is 0 Å². The second-order valence-electron chi connectivity index (χ2n) is 8.27. The van der Waals surface area contributed by atoms with Gasteiger partial charge in [-0.1, -0.05) is 27.2 Å². The lowest BCUT2D eigenvalue weighted by Crippen LogP contribution is -2.52. The van der Waals surface area contributed by atoms with Crippen LogP contribution in [-0.4, -0.2) is 46.2 Å². The Balaban J connectivity index is 2.99. The summed E-state index contributed by atoms with van der Waals surface area (Å²) in [5.74, 6) is -0.566. The van der Waals surface area contributed by atoms with Gasteiger partial charge in [0.2, 0.25) is 5.91 Å². The quantitative estimate of drug-likeness (QED) is 0.754. The molecule has 1 rings (SSSR count). The van der Waals surface area contributed by atoms with Crippen molar-refractivity contribution in [2.45, 2.75) is 91.4 Å². The largest absolute Gasteiger partial charge is 0.458 e. The van der Waals surface area contributed by atoms with E-state index in [1.165, 1.54) is 0 Å². The molecule has 5 heteroatoms. The molecular weight excluding hydrogens is 306 g/mol. The van der Waals surface area contributed by atoms with Crippen LogP contribution in [0, 0.1) is 11.8 Å². The number of hydrogen-bond acceptors (Lipinski definition) is 4. The van der Waals surface area contributed by atoms with E-state index in [1.54, 1.807) is 4.90 Å². The van der Waals surface area contributed by atoms with Crippen molar-refractivity contribution in [3.63, 3.8) is 0 Å². The lowest BCUT2D eigenvalue weighted by Gasteiger charge is -2.37. The van der Waals surface area contributed by atoms with Gasteiger partial charge in [0.1, 0.15) is 11.6 Å². The minimum Gasteiger partial charge on any atom is -0.458 e. The highest BCUT2D eigenvalue weighted by molar-refractivity contribution is 5.86. The molecule has 2 unspecified atom stereocenters. The third-order valence-corrected chi connectivity index (χ3v) is 4.36. The van der Waals surface area contributed by atoms with Crippen LogP contribution in [0.2, 0.25) is 0 Å². The zero-order chi connectivity index (χ0) is 18.5. The fourth-order valence-corrected chi connectivity index (χ4v) is 3.37. The van der Waals surface area contributed by atoms with Gasteiger partial charge in [0.25, 0.3) is 0 Å². The second-order valence-corrected chi connectivity index (χ2v) is 8.27. The predicted molar refractivity (Wildman–Crippen MR) is 94.4 cm³/mol. The normalized spacial score (nSPS) is 23.0. The monoisotopic (exact) mass is 341 g/mol. The van der Waals surface area contributed by atoms with Crippen LogP contribution >= 0.6 is 0 Å². The van der Waals surface area contributed by atoms with Crippen molar-refractivity contribution < 1.29 is 19.4 Å². The highest BCUT2D eigenvalue weighted by atomic mass is 16.6. The van der Waals surface area contributed by atoms with Gasteiger partial charge in [0.15, 0.2) is 0 Å². The molecule has 5 nitrogen and oxygen atoms in total. The fraction of sp³-hybridized carbons (Fsp3) is 0.895. The Kier molecular flexibility index (Phi) is 7.71. The standard InChI is InChI=1S/C19H35NO4/c1-7-11-20(17(22)14-9-8-10-15(21)12-14)16(13(2)3)18(23)24-19(4,5)6/h13-16,21H,7-12H2,1-6H3/t14?,15?,16-/m0/s1. The summed E-state index contributed by atoms with van der Waals surface area (Å²) in [6.45, 7) is 11.9. The number of aliphatic hydroxyl groups excluding tert-OH is 1. The molecule has 1 amide bonds. The molecule has 0 aromatic rings. The van der Waals surface area contributed by atoms with Crippen molar-refractivity contribution in [3.05, 3.63) is 0 Å². The number of rotatable bonds is 6. The fourth-order valence-electron chi connectivity index (χ4n) is 3.37. The molecule has 1 N–H and O–H groups in total. The lowest BCUT2D eigenvalue weighted by molar-refractivity contribution is -0.168. The average Bonchev–Trinajstić information content (AvgIpc) is 2.43. The van der Waals surface area contributed by atoms with E-state index >= 15 is 0 Å². The number of aliphatic hydroxyl groups is 1. The maximum absolute atomic E-state index is 13.1. The molecular formula is C19H35NO4. The Bertz CT molecular complexity index is 428. The Morgan fingerprint density at radius 1 is 1.25 bits per heavy atom. The lowest BCUT2D eigenvalue weighted by atomic mass is 9.85. The first-order valence-electron chi connectivity index (χ1n) is 9.28. The van der Waals surface area contributed by atoms with Gasteiger partial charge >= 0.3 is 5.97 Å². The van der Waals surface area contributed by atoms with E-state index < -0.39 is 17.7 Å². The van der Waals surface area contributed by atoms with Crippen molar-refractivity contribution in [2.24, 2.45) is 11.8 Å². The summed E-state index contributed by atoms with van der Waals surface area (Å²) in [7, 11) is 0. The van der Waals surface area contributed by atoms with E-state index in [2.05, 4.69) is 0 Å². The van der Waals surface area contributed by atoms with Crippen molar-refractivity contribution in [1.82, 2.24) is 4.90 Å². The van der Waals surface area contributed by atoms with E-state index in [1.807, 2.05) is 41.5 Å². The van der Waals surface area contributed by atoms with Crippen molar-refractivity contribution in [2.75, 3.05) is 6.54 Å². The first-order chi connectivity index (χ1) is 11.1. The van der Waals surface area contributed by atoms with Gasteiger partial charge in [0.05, 0.1) is 6.10 Å². The first kappa shape index (κ1) is 20.9. The molecule has 1 aliphatic rings. The molecule has 0 bridgehead atoms. The summed E-state index contributed by atoms with van der Waals surface area (Å²) < 4.78 is 5.56. The number of carbonyl (C=O) groups is 2. The molecule has 0 aliphatic heterocycles. The van der Waals surface area contributed by atoms with Gasteiger partial charge in [-0.05, 0) is 52.4 Å². The summed E-state index contributed by atoms with van der Waals surface area (Å²) in [6, 6.07) is -0.573. The predicted octanol–water partition coefficient (Wildman–Crippen LogP) is 3.14. The molecule has 1 saturated carbocycles. The summed E-state index contributed by atoms with van der Waals surface area (Å²) >= 11 is 0. The van der Waals surface area contributed by atoms with E-state index in [4.69, 9.17) is 4.74 Å². The van der Waals surface area contributed by atoms with Gasteiger partial charge in [-0.25, -0.2) is 4.79 Å². The number of hydrogen-bond donors (Lipinski definition) is 1. The molecule has 0 saturated heterocycles. The molecule has 1 fully saturated rings. The Labute approximate surface area is 146 Å². The summed E-state index contributed by atoms with van der Waals surface area (Å²) in [5.41, 5.74) is -0.577. The van der Waals surface area contributed by atoms with Gasteiger partial charge < -0.3 is 14.7 Å². The van der Waals surface area contributed by atoms with E-state index in [9.17, 15) is 14.7 Å². The van der Waals surface area contributed by atoms with Crippen LogP contribution in [0.5, 0.6) is 0 Å². The van der Waals surface area contributed by atoms with Crippen LogP contribution < -0.4 is 0 Å². The van der Waals surface area contributed by atoms with E-state index in [0.717, 1.165) is 25.7 Å². The molecule has 0 heterocycles. The first-order valence-corrected chi connectivity index (χ1v) is 9.28. The van der Waals surface area contributed by atoms with Crippen LogP contribution in [0.15, 0.2) is 0 Å². The number of carbonyl (C=O) groups excluding carboxylic acids is 2. The Hall–Kier alpha value is -1.10. The van der Waals surface area contributed by atoms with Gasteiger partial charge in [-0.3, -0.25) is 4.79 Å². The number of nitrogens with zero attached hydrogens (tertiary/aromatic N) is 1. The van der Waals surface area contributed by atoms with Gasteiger partial charge in [0, 0.05) is 12.5 Å². The smallest absolute Gasteiger partial charge is 0.329 e. The highest BCUT2D eigenvalue weighted by Gasteiger charge is 2.38. The third kappa shape index (κ3) is 6.08. The van der Waals surface area contributed by atoms with Crippen LogP contribution in [0.4, 0.5) is 0 Å². The molecule has 3 atom stereocenters. The van der Waals surface area contributed by atoms with E-state index in [-0.39, 0.29) is 23.7 Å². The molecule has 0 spiro atoms. The summed E-state index contributed by atoms with van der Waals surface area (Å²) in [4.78, 5) is 27.5. The van der Waals surface area contributed by atoms with Crippen LogP contribution in [0.1, 0.15) is 73.6 Å². The zero-order valence-electron chi connectivity index (χ0n) is 16.2. The van der Waals surface area contributed by atoms with Gasteiger partial charge in [-0.15, -0.1) is 0 Å². The SMILES string of the molecule is CCCN(C(=O)C1CCCC(O)C1)[C@H](C(=O)OC(C)(C)C)C(C)C. The zero-order valence-corrected chi connectivity index (χ0v) is 16.2. The number of esters is 1. The third-order valence-electron chi connectivity index (χ3n) is 4.36. The van der Waals surface area contributed by atoms with Crippen molar-refractivity contribution >= 4 is 11.9 Å². The summed E-state index contributed by atoms with van der Waals surface area (Å²) in [6.07, 6.45) is 3.28. The molecule has 140 valence electrons. The average molecular weight is 341 g/mol.